The van der Waals surface area contributed by atoms with Crippen LogP contribution in [0.4, 0.5) is 8.78 Å². The summed E-state index contributed by atoms with van der Waals surface area (Å²) in [5, 5.41) is 7.17. The Bertz CT molecular complexity index is 980. The number of nitrogens with one attached hydrogen (secondary N) is 1. The minimum Gasteiger partial charge on any atom is -0.337 e. The molecule has 2 aromatic rings. The number of benzene rings is 1. The Labute approximate surface area is 174 Å². The molecule has 1 saturated heterocycles. The van der Waals surface area contributed by atoms with Crippen molar-refractivity contribution < 1.29 is 18.4 Å². The largest absolute Gasteiger partial charge is 0.337 e. The number of aromatic amines is 1. The van der Waals surface area contributed by atoms with E-state index in [2.05, 4.69) is 10.2 Å². The Morgan fingerprint density at radius 2 is 1.90 bits per heavy atom. The van der Waals surface area contributed by atoms with Gasteiger partial charge >= 0.3 is 0 Å². The number of hydrogen-bond donors (Lipinski definition) is 1. The number of amides is 2. The molecule has 30 heavy (non-hydrogen) atoms. The van der Waals surface area contributed by atoms with Crippen LogP contribution in [0.3, 0.4) is 0 Å². The topological polar surface area (TPSA) is 69.3 Å². The quantitative estimate of drug-likeness (QED) is 0.836. The molecule has 0 radical (unpaired) electrons. The van der Waals surface area contributed by atoms with Gasteiger partial charge in [-0.3, -0.25) is 14.7 Å². The molecule has 0 atom stereocenters. The Hall–Kier alpha value is -2.77. The number of fused-ring (bicyclic) bond motifs is 1. The summed E-state index contributed by atoms with van der Waals surface area (Å²) >= 11 is 0. The van der Waals surface area contributed by atoms with Crippen molar-refractivity contribution in [2.45, 2.75) is 52.0 Å². The van der Waals surface area contributed by atoms with Crippen molar-refractivity contribution in [1.82, 2.24) is 20.0 Å². The molecule has 1 fully saturated rings. The van der Waals surface area contributed by atoms with Crippen LogP contribution >= 0.6 is 0 Å². The summed E-state index contributed by atoms with van der Waals surface area (Å²) in [5.41, 5.74) is 3.45. The zero-order chi connectivity index (χ0) is 21.4. The number of nitrogens with zero attached hydrogens (tertiary/aromatic N) is 3. The monoisotopic (exact) mass is 416 g/mol. The Morgan fingerprint density at radius 1 is 1.17 bits per heavy atom. The second kappa shape index (κ2) is 8.16. The highest BCUT2D eigenvalue weighted by Crippen LogP contribution is 2.33. The lowest BCUT2D eigenvalue weighted by Gasteiger charge is -2.33. The number of piperidine rings is 1. The Balaban J connectivity index is 1.45. The van der Waals surface area contributed by atoms with E-state index in [1.165, 1.54) is 13.0 Å². The van der Waals surface area contributed by atoms with Gasteiger partial charge < -0.3 is 9.80 Å². The van der Waals surface area contributed by atoms with Gasteiger partial charge in [0.15, 0.2) is 17.3 Å². The second-order valence-electron chi connectivity index (χ2n) is 8.07. The number of rotatable bonds is 3. The zero-order valence-electron chi connectivity index (χ0n) is 17.3. The van der Waals surface area contributed by atoms with Crippen LogP contribution in [0.1, 0.15) is 65.5 Å². The first kappa shape index (κ1) is 20.5. The molecule has 0 bridgehead atoms. The molecule has 6 nitrogen and oxygen atoms in total. The third-order valence-corrected chi connectivity index (χ3v) is 6.39. The summed E-state index contributed by atoms with van der Waals surface area (Å²) in [6, 6.07) is 2.88. The van der Waals surface area contributed by atoms with Gasteiger partial charge in [0, 0.05) is 32.1 Å². The molecule has 0 unspecified atom stereocenters. The van der Waals surface area contributed by atoms with Gasteiger partial charge in [0.05, 0.1) is 12.2 Å². The first-order valence-corrected chi connectivity index (χ1v) is 10.5. The third kappa shape index (κ3) is 3.59. The molecule has 3 heterocycles. The molecule has 2 amide bonds. The molecule has 160 valence electrons. The fraction of sp³-hybridized carbons (Fsp3) is 0.500. The van der Waals surface area contributed by atoms with Gasteiger partial charge in [0.1, 0.15) is 0 Å². The molecular formula is C22H26F2N4O2. The third-order valence-electron chi connectivity index (χ3n) is 6.39. The predicted molar refractivity (Wildman–Crippen MR) is 107 cm³/mol. The van der Waals surface area contributed by atoms with E-state index in [1.54, 1.807) is 15.9 Å². The van der Waals surface area contributed by atoms with Crippen LogP contribution in [-0.4, -0.2) is 51.4 Å². The average molecular weight is 416 g/mol. The number of H-pyrrole nitrogens is 1. The number of likely N-dealkylation sites (tertiary alicyclic amines) is 1. The maximum Gasteiger partial charge on any atom is 0.274 e. The van der Waals surface area contributed by atoms with Crippen molar-refractivity contribution in [3.05, 3.63) is 51.8 Å². The smallest absolute Gasteiger partial charge is 0.274 e. The maximum absolute atomic E-state index is 14.2. The molecule has 1 aromatic carbocycles. The Morgan fingerprint density at radius 3 is 2.57 bits per heavy atom. The molecule has 2 aliphatic rings. The molecule has 8 heteroatoms. The van der Waals surface area contributed by atoms with E-state index >= 15 is 0 Å². The highest BCUT2D eigenvalue weighted by Gasteiger charge is 2.31. The summed E-state index contributed by atoms with van der Waals surface area (Å²) < 4.78 is 27.8. The van der Waals surface area contributed by atoms with Crippen molar-refractivity contribution in [2.75, 3.05) is 19.6 Å². The average Bonchev–Trinajstić information content (AvgIpc) is 3.18. The Kier molecular flexibility index (Phi) is 5.58. The summed E-state index contributed by atoms with van der Waals surface area (Å²) in [5.74, 6) is -1.56. The van der Waals surface area contributed by atoms with Crippen LogP contribution < -0.4 is 0 Å². The van der Waals surface area contributed by atoms with Crippen molar-refractivity contribution in [3.8, 4) is 0 Å². The standard InChI is InChI=1S/C22H26F2N4O2/c1-3-15-16(4-5-18(23)20(15)24)14-6-9-27(10-7-14)22(30)21-17-8-11-28(13(2)29)12-19(17)25-26-21/h4-5,14H,3,6-12H2,1-2H3,(H,25,26). The molecule has 0 saturated carbocycles. The molecule has 0 aliphatic carbocycles. The van der Waals surface area contributed by atoms with Gasteiger partial charge in [-0.25, -0.2) is 8.78 Å². The fourth-order valence-electron chi connectivity index (χ4n) is 4.66. The number of halogens is 2. The van der Waals surface area contributed by atoms with E-state index in [0.29, 0.717) is 63.1 Å². The minimum absolute atomic E-state index is 0.00822. The molecule has 1 aromatic heterocycles. The van der Waals surface area contributed by atoms with E-state index in [1.807, 2.05) is 6.92 Å². The molecule has 1 N–H and O–H groups in total. The van der Waals surface area contributed by atoms with Gasteiger partial charge in [-0.2, -0.15) is 5.10 Å². The van der Waals surface area contributed by atoms with Crippen LogP contribution in [0.2, 0.25) is 0 Å². The first-order valence-electron chi connectivity index (χ1n) is 10.5. The van der Waals surface area contributed by atoms with E-state index in [0.717, 1.165) is 16.8 Å². The second-order valence-corrected chi connectivity index (χ2v) is 8.07. The van der Waals surface area contributed by atoms with Gasteiger partial charge in [0.2, 0.25) is 5.91 Å². The normalized spacial score (nSPS) is 17.2. The van der Waals surface area contributed by atoms with E-state index in [4.69, 9.17) is 0 Å². The van der Waals surface area contributed by atoms with Crippen molar-refractivity contribution in [3.63, 3.8) is 0 Å². The van der Waals surface area contributed by atoms with Gasteiger partial charge in [0.25, 0.3) is 5.91 Å². The lowest BCUT2D eigenvalue weighted by Crippen LogP contribution is -2.39. The minimum atomic E-state index is -0.810. The summed E-state index contributed by atoms with van der Waals surface area (Å²) in [4.78, 5) is 28.2. The molecular weight excluding hydrogens is 390 g/mol. The summed E-state index contributed by atoms with van der Waals surface area (Å²) in [6.45, 7) is 5.49. The van der Waals surface area contributed by atoms with Crippen LogP contribution in [0.5, 0.6) is 0 Å². The SMILES string of the molecule is CCc1c(C2CCN(C(=O)c3n[nH]c4c3CCN(C(C)=O)C4)CC2)ccc(F)c1F. The molecule has 2 aliphatic heterocycles. The fourth-order valence-corrected chi connectivity index (χ4v) is 4.66. The first-order chi connectivity index (χ1) is 14.4. The molecule has 4 rings (SSSR count). The lowest BCUT2D eigenvalue weighted by molar-refractivity contribution is -0.129. The zero-order valence-corrected chi connectivity index (χ0v) is 17.3. The number of carbonyl (C=O) groups is 2. The maximum atomic E-state index is 14.2. The summed E-state index contributed by atoms with van der Waals surface area (Å²) in [7, 11) is 0. The van der Waals surface area contributed by atoms with Crippen LogP contribution in [-0.2, 0) is 24.2 Å². The van der Waals surface area contributed by atoms with Gasteiger partial charge in [-0.15, -0.1) is 0 Å². The van der Waals surface area contributed by atoms with Gasteiger partial charge in [-0.05, 0) is 48.8 Å². The highest BCUT2D eigenvalue weighted by atomic mass is 19.2. The van der Waals surface area contributed by atoms with Crippen molar-refractivity contribution in [2.24, 2.45) is 0 Å². The highest BCUT2D eigenvalue weighted by molar-refractivity contribution is 5.94. The van der Waals surface area contributed by atoms with Crippen molar-refractivity contribution >= 4 is 11.8 Å². The van der Waals surface area contributed by atoms with Crippen LogP contribution in [0.15, 0.2) is 12.1 Å². The number of hydrogen-bond acceptors (Lipinski definition) is 3. The van der Waals surface area contributed by atoms with Crippen molar-refractivity contribution in [1.29, 1.82) is 0 Å². The number of carbonyl (C=O) groups excluding carboxylic acids is 2. The summed E-state index contributed by atoms with van der Waals surface area (Å²) in [6.07, 6.45) is 2.45. The lowest BCUT2D eigenvalue weighted by atomic mass is 9.85. The number of aromatic nitrogens is 2. The van der Waals surface area contributed by atoms with E-state index < -0.39 is 11.6 Å². The predicted octanol–water partition coefficient (Wildman–Crippen LogP) is 3.17. The van der Waals surface area contributed by atoms with E-state index in [9.17, 15) is 18.4 Å². The van der Waals surface area contributed by atoms with E-state index in [-0.39, 0.29) is 17.7 Å². The molecule has 0 spiro atoms. The van der Waals surface area contributed by atoms with Crippen LogP contribution in [0, 0.1) is 11.6 Å². The van der Waals surface area contributed by atoms with Gasteiger partial charge in [-0.1, -0.05) is 13.0 Å². The van der Waals surface area contributed by atoms with Crippen LogP contribution in [0.25, 0.3) is 0 Å².